The molecule has 4 rings (SSSR count). The minimum atomic E-state index is -0.200. The molecule has 0 spiro atoms. The Balaban J connectivity index is 1.47. The molecule has 0 radical (unpaired) electrons. The van der Waals surface area contributed by atoms with Gasteiger partial charge in [0.05, 0.1) is 10.2 Å². The van der Waals surface area contributed by atoms with Crippen molar-refractivity contribution in [2.75, 3.05) is 5.32 Å². The van der Waals surface area contributed by atoms with Gasteiger partial charge in [-0.25, -0.2) is 9.97 Å². The van der Waals surface area contributed by atoms with Crippen molar-refractivity contribution in [3.05, 3.63) is 71.6 Å². The SMILES string of the molecule is O=C(/C=C/c1ccccc1)Nc1nc(-c2nc3ccccc3s2)cs1. The third-order valence-electron chi connectivity index (χ3n) is 3.47. The highest BCUT2D eigenvalue weighted by atomic mass is 32.1. The number of carbonyl (C=O) groups is 1. The van der Waals surface area contributed by atoms with Crippen LogP contribution in [0, 0.1) is 0 Å². The van der Waals surface area contributed by atoms with E-state index in [0.717, 1.165) is 26.5 Å². The van der Waals surface area contributed by atoms with Gasteiger partial charge in [-0.1, -0.05) is 42.5 Å². The van der Waals surface area contributed by atoms with E-state index in [1.807, 2.05) is 60.0 Å². The standard InChI is InChI=1S/C19H13N3OS2/c23-17(11-10-13-6-2-1-3-7-13)22-19-21-15(12-24-19)18-20-14-8-4-5-9-16(14)25-18/h1-12H,(H,21,22,23)/b11-10+. The number of fused-ring (bicyclic) bond motifs is 1. The molecule has 4 nitrogen and oxygen atoms in total. The summed E-state index contributed by atoms with van der Waals surface area (Å²) in [5.74, 6) is -0.200. The van der Waals surface area contributed by atoms with Gasteiger partial charge in [-0.05, 0) is 23.8 Å². The van der Waals surface area contributed by atoms with Crippen LogP contribution in [0.15, 0.2) is 66.1 Å². The molecule has 0 saturated heterocycles. The van der Waals surface area contributed by atoms with Crippen molar-refractivity contribution in [1.82, 2.24) is 9.97 Å². The first-order valence-corrected chi connectivity index (χ1v) is 9.33. The number of nitrogens with zero attached hydrogens (tertiary/aromatic N) is 2. The fraction of sp³-hybridized carbons (Fsp3) is 0. The molecule has 0 fully saturated rings. The first-order valence-electron chi connectivity index (χ1n) is 7.63. The van der Waals surface area contributed by atoms with Crippen molar-refractivity contribution in [3.63, 3.8) is 0 Å². The van der Waals surface area contributed by atoms with Gasteiger partial charge in [0, 0.05) is 11.5 Å². The van der Waals surface area contributed by atoms with E-state index < -0.39 is 0 Å². The zero-order chi connectivity index (χ0) is 17.1. The molecule has 0 saturated carbocycles. The van der Waals surface area contributed by atoms with Gasteiger partial charge in [0.2, 0.25) is 5.91 Å². The van der Waals surface area contributed by atoms with E-state index in [2.05, 4.69) is 15.3 Å². The maximum absolute atomic E-state index is 12.0. The van der Waals surface area contributed by atoms with Crippen molar-refractivity contribution < 1.29 is 4.79 Å². The van der Waals surface area contributed by atoms with E-state index in [9.17, 15) is 4.79 Å². The molecular formula is C19H13N3OS2. The summed E-state index contributed by atoms with van der Waals surface area (Å²) in [5, 5.41) is 6.13. The number of hydrogen-bond donors (Lipinski definition) is 1. The van der Waals surface area contributed by atoms with Gasteiger partial charge in [-0.15, -0.1) is 22.7 Å². The number of thiazole rings is 2. The van der Waals surface area contributed by atoms with Crippen molar-refractivity contribution in [1.29, 1.82) is 0 Å². The smallest absolute Gasteiger partial charge is 0.250 e. The van der Waals surface area contributed by atoms with Crippen molar-refractivity contribution in [2.24, 2.45) is 0 Å². The van der Waals surface area contributed by atoms with Gasteiger partial charge < -0.3 is 0 Å². The first-order chi connectivity index (χ1) is 12.3. The maximum Gasteiger partial charge on any atom is 0.250 e. The molecule has 0 aliphatic carbocycles. The summed E-state index contributed by atoms with van der Waals surface area (Å²) in [5.41, 5.74) is 2.73. The molecule has 0 bridgehead atoms. The van der Waals surface area contributed by atoms with E-state index in [-0.39, 0.29) is 5.91 Å². The molecule has 122 valence electrons. The Morgan fingerprint density at radius 1 is 1.00 bits per heavy atom. The van der Waals surface area contributed by atoms with Crippen LogP contribution in [0.3, 0.4) is 0 Å². The van der Waals surface area contributed by atoms with Crippen LogP contribution in [-0.2, 0) is 4.79 Å². The number of carbonyl (C=O) groups excluding carboxylic acids is 1. The van der Waals surface area contributed by atoms with Gasteiger partial charge in [-0.2, -0.15) is 0 Å². The molecule has 2 aromatic heterocycles. The normalized spacial score (nSPS) is 11.2. The molecule has 25 heavy (non-hydrogen) atoms. The lowest BCUT2D eigenvalue weighted by atomic mass is 10.2. The second-order valence-corrected chi connectivity index (χ2v) is 7.15. The molecule has 0 aliphatic rings. The monoisotopic (exact) mass is 363 g/mol. The quantitative estimate of drug-likeness (QED) is 0.515. The fourth-order valence-electron chi connectivity index (χ4n) is 2.29. The average molecular weight is 363 g/mol. The molecule has 6 heteroatoms. The molecule has 4 aromatic rings. The average Bonchev–Trinajstić information content (AvgIpc) is 3.27. The summed E-state index contributed by atoms with van der Waals surface area (Å²) in [6, 6.07) is 17.7. The summed E-state index contributed by atoms with van der Waals surface area (Å²) < 4.78 is 1.13. The van der Waals surface area contributed by atoms with Gasteiger partial charge >= 0.3 is 0 Å². The Morgan fingerprint density at radius 2 is 1.80 bits per heavy atom. The molecule has 2 heterocycles. The number of amides is 1. The zero-order valence-electron chi connectivity index (χ0n) is 13.0. The Labute approximate surface area is 152 Å². The highest BCUT2D eigenvalue weighted by Gasteiger charge is 2.10. The third-order valence-corrected chi connectivity index (χ3v) is 5.29. The Morgan fingerprint density at radius 3 is 2.64 bits per heavy atom. The van der Waals surface area contributed by atoms with E-state index >= 15 is 0 Å². The molecule has 1 amide bonds. The van der Waals surface area contributed by atoms with E-state index in [1.165, 1.54) is 17.4 Å². The predicted octanol–water partition coefficient (Wildman–Crippen LogP) is 5.07. The Hall–Kier alpha value is -2.83. The van der Waals surface area contributed by atoms with Crippen LogP contribution < -0.4 is 5.32 Å². The minimum Gasteiger partial charge on any atom is -0.298 e. The molecular weight excluding hydrogens is 350 g/mol. The van der Waals surface area contributed by atoms with Crippen LogP contribution in [0.5, 0.6) is 0 Å². The van der Waals surface area contributed by atoms with Crippen LogP contribution in [-0.4, -0.2) is 15.9 Å². The van der Waals surface area contributed by atoms with E-state index in [4.69, 9.17) is 0 Å². The topological polar surface area (TPSA) is 54.9 Å². The predicted molar refractivity (Wildman–Crippen MR) is 105 cm³/mol. The highest BCUT2D eigenvalue weighted by molar-refractivity contribution is 7.22. The van der Waals surface area contributed by atoms with Crippen molar-refractivity contribution >= 4 is 50.0 Å². The first kappa shape index (κ1) is 15.7. The minimum absolute atomic E-state index is 0.200. The lowest BCUT2D eigenvalue weighted by molar-refractivity contribution is -0.111. The van der Waals surface area contributed by atoms with Gasteiger partial charge in [0.15, 0.2) is 5.13 Å². The molecule has 1 N–H and O–H groups in total. The van der Waals surface area contributed by atoms with Gasteiger partial charge in [0.25, 0.3) is 0 Å². The summed E-state index contributed by atoms with van der Waals surface area (Å²) in [6.45, 7) is 0. The largest absolute Gasteiger partial charge is 0.298 e. The molecule has 0 atom stereocenters. The summed E-state index contributed by atoms with van der Waals surface area (Å²) in [6.07, 6.45) is 3.28. The molecule has 0 unspecified atom stereocenters. The van der Waals surface area contributed by atoms with Crippen LogP contribution in [0.2, 0.25) is 0 Å². The number of aromatic nitrogens is 2. The van der Waals surface area contributed by atoms with Crippen LogP contribution >= 0.6 is 22.7 Å². The summed E-state index contributed by atoms with van der Waals surface area (Å²) >= 11 is 2.99. The Bertz CT molecular complexity index is 1020. The van der Waals surface area contributed by atoms with E-state index in [0.29, 0.717) is 5.13 Å². The number of para-hydroxylation sites is 1. The highest BCUT2D eigenvalue weighted by Crippen LogP contribution is 2.31. The third kappa shape index (κ3) is 3.65. The maximum atomic E-state index is 12.0. The second kappa shape index (κ2) is 6.96. The number of benzene rings is 2. The van der Waals surface area contributed by atoms with E-state index in [1.54, 1.807) is 17.4 Å². The van der Waals surface area contributed by atoms with Gasteiger partial charge in [-0.3, -0.25) is 10.1 Å². The number of hydrogen-bond acceptors (Lipinski definition) is 5. The number of anilines is 1. The lowest BCUT2D eigenvalue weighted by Crippen LogP contribution is -2.07. The molecule has 2 aromatic carbocycles. The summed E-state index contributed by atoms with van der Waals surface area (Å²) in [4.78, 5) is 21.1. The Kier molecular flexibility index (Phi) is 4.37. The number of nitrogens with one attached hydrogen (secondary N) is 1. The van der Waals surface area contributed by atoms with Crippen LogP contribution in [0.1, 0.15) is 5.56 Å². The second-order valence-electron chi connectivity index (χ2n) is 5.26. The van der Waals surface area contributed by atoms with Gasteiger partial charge in [0.1, 0.15) is 10.7 Å². The zero-order valence-corrected chi connectivity index (χ0v) is 14.7. The van der Waals surface area contributed by atoms with Crippen molar-refractivity contribution in [3.8, 4) is 10.7 Å². The van der Waals surface area contributed by atoms with Crippen LogP contribution in [0.25, 0.3) is 27.0 Å². The molecule has 0 aliphatic heterocycles. The number of rotatable bonds is 4. The summed E-state index contributed by atoms with van der Waals surface area (Å²) in [7, 11) is 0. The van der Waals surface area contributed by atoms with Crippen LogP contribution in [0.4, 0.5) is 5.13 Å². The fourth-order valence-corrected chi connectivity index (χ4v) is 3.99. The lowest BCUT2D eigenvalue weighted by Gasteiger charge is -1.96. The van der Waals surface area contributed by atoms with Crippen molar-refractivity contribution in [2.45, 2.75) is 0 Å².